The van der Waals surface area contributed by atoms with Gasteiger partial charge in [0.2, 0.25) is 5.91 Å². The van der Waals surface area contributed by atoms with Gasteiger partial charge in [-0.15, -0.1) is 0 Å². The molecule has 13 heterocycles. The zero-order valence-corrected chi connectivity index (χ0v) is 57.5. The van der Waals surface area contributed by atoms with Crippen LogP contribution in [0.25, 0.3) is 0 Å². The van der Waals surface area contributed by atoms with E-state index in [-0.39, 0.29) is 65.0 Å². The maximum absolute atomic E-state index is 11.4. The molecule has 1 amide bonds. The molecule has 0 radical (unpaired) electrons. The molecule has 7 fully saturated rings. The number of fused-ring (bicyclic) bond motifs is 1. The maximum Gasteiger partial charge on any atom is 0.354 e. The Morgan fingerprint density at radius 3 is 1.25 bits per heavy atom. The van der Waals surface area contributed by atoms with Gasteiger partial charge in [0.05, 0.1) is 18.3 Å². The van der Waals surface area contributed by atoms with Crippen LogP contribution in [0.4, 0.5) is 34.9 Å². The molecule has 12 N–H and O–H groups in total. The van der Waals surface area contributed by atoms with Gasteiger partial charge in [0.25, 0.3) is 0 Å². The number of aromatic nitrogens is 12. The van der Waals surface area contributed by atoms with Crippen LogP contribution in [0, 0.1) is 5.92 Å². The van der Waals surface area contributed by atoms with Crippen LogP contribution in [0.3, 0.4) is 0 Å². The molecule has 3 unspecified atom stereocenters. The highest BCUT2D eigenvalue weighted by Gasteiger charge is 2.34. The summed E-state index contributed by atoms with van der Waals surface area (Å²) in [7, 11) is 2.14. The van der Waals surface area contributed by atoms with Crippen LogP contribution in [0.2, 0.25) is 0 Å². The van der Waals surface area contributed by atoms with Crippen LogP contribution in [0.15, 0.2) is 74.4 Å². The largest absolute Gasteiger partial charge is 0.477 e. The Hall–Kier alpha value is -10.7. The second-order valence-corrected chi connectivity index (χ2v) is 25.4. The SMILES string of the molecule is CN1CCCC1CCNc1cc(C(=O)O)ncn1.O=C(O)c1cc(N2CCC(O)CC2)ncn1.O=C(O)c1cc(N2CCN3CC(CO)CCC3C2)ncn1.O=C(O)c1cc(N2CC[C@@H](O)C2)ncn1.O=C(O)c1cc(N2CC[C@H](O)C2)ncn1.O=C(O)c1cc(NCCCN2CCCC2=O)ncn1. The Labute approximate surface area is 597 Å². The fraction of sp³-hybridized carbons (Fsp3) is 0.530. The average Bonchev–Trinajstić information content (AvgIpc) is 1.04. The number of nitrogens with one attached hydrogen (secondary N) is 2. The van der Waals surface area contributed by atoms with E-state index in [0.29, 0.717) is 131 Å². The Morgan fingerprint density at radius 2 is 0.846 bits per heavy atom. The molecule has 104 heavy (non-hydrogen) atoms. The number of aliphatic hydroxyl groups excluding tert-OH is 4. The topological polar surface area (TPSA) is 523 Å². The predicted molar refractivity (Wildman–Crippen MR) is 372 cm³/mol. The van der Waals surface area contributed by atoms with Gasteiger partial charge in [-0.2, -0.15) is 0 Å². The van der Waals surface area contributed by atoms with E-state index in [9.17, 15) is 54.0 Å². The minimum atomic E-state index is -1.08. The van der Waals surface area contributed by atoms with Gasteiger partial charge in [0, 0.05) is 153 Å². The Balaban J connectivity index is 0.000000159. The van der Waals surface area contributed by atoms with Crippen LogP contribution in [-0.2, 0) is 4.79 Å². The molecule has 0 bridgehead atoms. The van der Waals surface area contributed by atoms with Crippen molar-refractivity contribution in [3.05, 3.63) is 109 Å². The second-order valence-electron chi connectivity index (χ2n) is 25.4. The number of nitrogens with zero attached hydrogens (tertiary/aromatic N) is 19. The number of β-amino-alcohol motifs (C(OH)–C–C–N with tert-alkyl or cyclic N) is 2. The average molecular weight is 1450 g/mol. The first-order valence-electron chi connectivity index (χ1n) is 34.2. The van der Waals surface area contributed by atoms with Crippen LogP contribution in [0.5, 0.6) is 0 Å². The van der Waals surface area contributed by atoms with Gasteiger partial charge in [-0.25, -0.2) is 88.6 Å². The summed E-state index contributed by atoms with van der Waals surface area (Å²) < 4.78 is 0. The highest BCUT2D eigenvalue weighted by molar-refractivity contribution is 5.88. The molecular weight excluding hydrogens is 1360 g/mol. The summed E-state index contributed by atoms with van der Waals surface area (Å²) in [4.78, 5) is 137. The van der Waals surface area contributed by atoms with Crippen molar-refractivity contribution in [2.75, 3.05) is 142 Å². The third-order valence-corrected chi connectivity index (χ3v) is 18.1. The lowest BCUT2D eigenvalue weighted by Crippen LogP contribution is -2.57. The predicted octanol–water partition coefficient (Wildman–Crippen LogP) is 1.37. The zero-order valence-electron chi connectivity index (χ0n) is 57.5. The third-order valence-electron chi connectivity index (χ3n) is 18.1. The summed E-state index contributed by atoms with van der Waals surface area (Å²) in [6.07, 6.45) is 17.4. The smallest absolute Gasteiger partial charge is 0.354 e. The standard InChI is InChI=1S/C14H20N4O3.C12H16N4O3.C12H18N4O2.C10H13N3O3.2C9H11N3O3/c19-8-10-1-2-11-7-18(4-3-17(11)6-10)13-5-12(14(20)21)15-9-16-13;17-11-3-1-5-16(11)6-2-4-13-10-7-9(12(18)19)14-8-15-10;1-16-6-2-3-9(16)4-5-13-11-7-10(12(17)18)14-8-15-11;14-7-1-3-13(4-2-7)9-5-8(10(15)16)11-6-12-9;2*13-6-1-2-12(4-6)8-3-7(9(14)15)10-5-11-8/h5,9-11,19H,1-4,6-8H2,(H,20,21);7-8H,1-6H2,(H,18,19)(H,13,14,15);7-9H,2-6H2,1H3,(H,17,18)(H,13,14,15);5-7,14H,1-4H2,(H,15,16);2*3,5-6,13H,1-2,4H2,(H,14,15)/t;;;;2*6-/m....10/s1. The van der Waals surface area contributed by atoms with Crippen molar-refractivity contribution >= 4 is 76.6 Å². The second kappa shape index (κ2) is 39.7. The van der Waals surface area contributed by atoms with E-state index in [1.807, 2.05) is 19.6 Å². The number of piperazine rings is 1. The van der Waals surface area contributed by atoms with Gasteiger partial charge in [-0.1, -0.05) is 0 Å². The number of carboxylic acid groups (broad SMARTS) is 6. The molecule has 0 aliphatic carbocycles. The van der Waals surface area contributed by atoms with E-state index < -0.39 is 35.8 Å². The molecule has 0 spiro atoms. The van der Waals surface area contributed by atoms with Crippen molar-refractivity contribution in [2.45, 2.75) is 107 Å². The van der Waals surface area contributed by atoms with Crippen molar-refractivity contribution in [1.29, 1.82) is 0 Å². The van der Waals surface area contributed by atoms with Crippen LogP contribution in [-0.4, -0.2) is 310 Å². The van der Waals surface area contributed by atoms with E-state index in [1.54, 1.807) is 0 Å². The van der Waals surface area contributed by atoms with Gasteiger partial charge in [-0.3, -0.25) is 9.69 Å². The first kappa shape index (κ1) is 79.0. The molecule has 0 saturated carbocycles. The van der Waals surface area contributed by atoms with E-state index in [2.05, 4.69) is 92.2 Å². The number of aliphatic hydroxyl groups is 4. The van der Waals surface area contributed by atoms with Crippen LogP contribution >= 0.6 is 0 Å². The number of likely N-dealkylation sites (tertiary alicyclic amines) is 2. The minimum Gasteiger partial charge on any atom is -0.477 e. The van der Waals surface area contributed by atoms with E-state index in [1.165, 1.54) is 93.7 Å². The molecule has 38 nitrogen and oxygen atoms in total. The number of hydrogen-bond donors (Lipinski definition) is 12. The van der Waals surface area contributed by atoms with Crippen molar-refractivity contribution in [2.24, 2.45) is 5.92 Å². The maximum atomic E-state index is 11.4. The van der Waals surface area contributed by atoms with E-state index in [4.69, 9.17) is 30.6 Å². The minimum absolute atomic E-state index is 0.00359. The number of hydrogen-bond acceptors (Lipinski definition) is 31. The fourth-order valence-electron chi connectivity index (χ4n) is 12.4. The number of carbonyl (C=O) groups is 7. The summed E-state index contributed by atoms with van der Waals surface area (Å²) in [5.41, 5.74) is -0.0389. The van der Waals surface area contributed by atoms with Crippen LogP contribution in [0.1, 0.15) is 140 Å². The Kier molecular flexibility index (Phi) is 30.2. The summed E-state index contributed by atoms with van der Waals surface area (Å²) >= 11 is 0. The molecule has 38 heteroatoms. The van der Waals surface area contributed by atoms with Crippen molar-refractivity contribution in [1.82, 2.24) is 74.5 Å². The Morgan fingerprint density at radius 1 is 0.433 bits per heavy atom. The normalized spacial score (nSPS) is 20.1. The lowest BCUT2D eigenvalue weighted by atomic mass is 9.91. The molecule has 6 aromatic rings. The van der Waals surface area contributed by atoms with E-state index >= 15 is 0 Å². The molecule has 0 aromatic carbocycles. The number of aromatic carboxylic acids is 6. The summed E-state index contributed by atoms with van der Waals surface area (Å²) in [5.74, 6) is -2.25. The van der Waals surface area contributed by atoms with Crippen molar-refractivity contribution in [3.8, 4) is 0 Å². The van der Waals surface area contributed by atoms with Gasteiger partial charge < -0.3 is 91.1 Å². The molecule has 7 aliphatic rings. The summed E-state index contributed by atoms with van der Waals surface area (Å²) in [6.45, 7) is 11.8. The number of carboxylic acids is 6. The molecule has 6 aromatic heterocycles. The molecule has 7 saturated heterocycles. The molecule has 560 valence electrons. The number of amides is 1. The third kappa shape index (κ3) is 24.5. The molecular formula is C66H89N21O17. The number of piperidine rings is 2. The Bertz CT molecular complexity index is 3750. The zero-order chi connectivity index (χ0) is 74.7. The van der Waals surface area contributed by atoms with Crippen molar-refractivity contribution in [3.63, 3.8) is 0 Å². The van der Waals surface area contributed by atoms with Crippen LogP contribution < -0.4 is 30.2 Å². The molecule has 13 rings (SSSR count). The number of carbonyl (C=O) groups excluding carboxylic acids is 1. The quantitative estimate of drug-likeness (QED) is 0.0480. The van der Waals surface area contributed by atoms with Crippen molar-refractivity contribution < 1.29 is 84.6 Å². The molecule has 7 aliphatic heterocycles. The summed E-state index contributed by atoms with van der Waals surface area (Å²) in [5, 5.41) is 96.4. The fourth-order valence-corrected chi connectivity index (χ4v) is 12.4. The first-order valence-corrected chi connectivity index (χ1v) is 34.2. The van der Waals surface area contributed by atoms with Gasteiger partial charge in [-0.05, 0) is 90.1 Å². The van der Waals surface area contributed by atoms with Gasteiger partial charge in [0.15, 0.2) is 34.2 Å². The van der Waals surface area contributed by atoms with Gasteiger partial charge in [0.1, 0.15) is 72.9 Å². The van der Waals surface area contributed by atoms with Gasteiger partial charge >= 0.3 is 35.8 Å². The monoisotopic (exact) mass is 1450 g/mol. The number of rotatable bonds is 20. The lowest BCUT2D eigenvalue weighted by molar-refractivity contribution is -0.127. The highest BCUT2D eigenvalue weighted by atomic mass is 16.4. The highest BCUT2D eigenvalue weighted by Crippen LogP contribution is 2.28. The summed E-state index contributed by atoms with van der Waals surface area (Å²) in [6, 6.07) is 9.77. The first-order chi connectivity index (χ1) is 50.0. The number of anilines is 6. The lowest BCUT2D eigenvalue weighted by Gasteiger charge is -2.46. The van der Waals surface area contributed by atoms with E-state index in [0.717, 1.165) is 77.9 Å². The molecule has 5 atom stereocenters.